The zero-order chi connectivity index (χ0) is 16.2. The number of aromatic nitrogens is 2. The summed E-state index contributed by atoms with van der Waals surface area (Å²) in [6, 6.07) is 5.24. The molecule has 1 aliphatic heterocycles. The van der Waals surface area contributed by atoms with E-state index in [0.29, 0.717) is 18.8 Å². The van der Waals surface area contributed by atoms with Crippen LogP contribution in [-0.4, -0.2) is 47.0 Å². The third-order valence-electron chi connectivity index (χ3n) is 4.00. The molecule has 2 aromatic heterocycles. The van der Waals surface area contributed by atoms with Gasteiger partial charge in [-0.05, 0) is 25.0 Å². The van der Waals surface area contributed by atoms with E-state index in [9.17, 15) is 9.59 Å². The van der Waals surface area contributed by atoms with Gasteiger partial charge in [-0.3, -0.25) is 14.6 Å². The molecule has 0 aliphatic carbocycles. The lowest BCUT2D eigenvalue weighted by molar-refractivity contribution is -0.125. The summed E-state index contributed by atoms with van der Waals surface area (Å²) >= 11 is 0. The fourth-order valence-corrected chi connectivity index (χ4v) is 2.76. The number of pyridine rings is 1. The van der Waals surface area contributed by atoms with Gasteiger partial charge in [0.25, 0.3) is 5.91 Å². The fraction of sp³-hybridized carbons (Fsp3) is 0.375. The maximum atomic E-state index is 12.6. The monoisotopic (exact) mass is 314 g/mol. The number of carbonyl (C=O) groups is 2. The first-order chi connectivity index (χ1) is 11.2. The van der Waals surface area contributed by atoms with E-state index < -0.39 is 0 Å². The van der Waals surface area contributed by atoms with Crippen molar-refractivity contribution in [3.05, 3.63) is 36.3 Å². The molecule has 0 aromatic carbocycles. The van der Waals surface area contributed by atoms with Crippen molar-refractivity contribution in [2.75, 3.05) is 20.1 Å². The fourth-order valence-electron chi connectivity index (χ4n) is 2.76. The predicted octanol–water partition coefficient (Wildman–Crippen LogP) is 1.33. The average Bonchev–Trinajstić information content (AvgIpc) is 3.11. The Morgan fingerprint density at radius 3 is 3.04 bits per heavy atom. The van der Waals surface area contributed by atoms with E-state index in [2.05, 4.69) is 15.5 Å². The lowest BCUT2D eigenvalue weighted by Gasteiger charge is -2.31. The van der Waals surface area contributed by atoms with E-state index >= 15 is 0 Å². The normalized spacial score (nSPS) is 17.8. The van der Waals surface area contributed by atoms with Crippen molar-refractivity contribution in [1.82, 2.24) is 20.4 Å². The van der Waals surface area contributed by atoms with Gasteiger partial charge in [0.1, 0.15) is 0 Å². The third kappa shape index (κ3) is 3.23. The molecule has 3 rings (SSSR count). The summed E-state index contributed by atoms with van der Waals surface area (Å²) < 4.78 is 5.24. The topological polar surface area (TPSA) is 88.3 Å². The second kappa shape index (κ2) is 6.60. The molecular weight excluding hydrogens is 296 g/mol. The van der Waals surface area contributed by atoms with Crippen LogP contribution < -0.4 is 5.32 Å². The molecule has 23 heavy (non-hydrogen) atoms. The van der Waals surface area contributed by atoms with Crippen LogP contribution >= 0.6 is 0 Å². The lowest BCUT2D eigenvalue weighted by atomic mass is 9.97. The van der Waals surface area contributed by atoms with Gasteiger partial charge in [-0.1, -0.05) is 5.16 Å². The molecule has 7 heteroatoms. The number of piperidine rings is 1. The van der Waals surface area contributed by atoms with Crippen LogP contribution in [0.4, 0.5) is 0 Å². The highest BCUT2D eigenvalue weighted by Gasteiger charge is 2.29. The number of amides is 2. The van der Waals surface area contributed by atoms with Crippen molar-refractivity contribution in [3.8, 4) is 11.3 Å². The van der Waals surface area contributed by atoms with Gasteiger partial charge in [-0.15, -0.1) is 0 Å². The number of hydrogen-bond donors (Lipinski definition) is 1. The van der Waals surface area contributed by atoms with Crippen molar-refractivity contribution >= 4 is 11.8 Å². The maximum absolute atomic E-state index is 12.6. The molecule has 0 spiro atoms. The van der Waals surface area contributed by atoms with Gasteiger partial charge in [0.2, 0.25) is 5.91 Å². The average molecular weight is 314 g/mol. The molecule has 0 radical (unpaired) electrons. The van der Waals surface area contributed by atoms with Crippen LogP contribution in [0.5, 0.6) is 0 Å². The van der Waals surface area contributed by atoms with Crippen LogP contribution in [-0.2, 0) is 4.79 Å². The van der Waals surface area contributed by atoms with E-state index in [4.69, 9.17) is 4.52 Å². The smallest absolute Gasteiger partial charge is 0.276 e. The number of nitrogens with zero attached hydrogens (tertiary/aromatic N) is 3. The SMILES string of the molecule is CNC(=O)C1CCCN(C(=O)c2cc(-c3cccnc3)on2)C1. The minimum absolute atomic E-state index is 0.0290. The first-order valence-electron chi connectivity index (χ1n) is 7.57. The molecule has 0 bridgehead atoms. The maximum Gasteiger partial charge on any atom is 0.276 e. The van der Waals surface area contributed by atoms with Crippen LogP contribution in [0.25, 0.3) is 11.3 Å². The van der Waals surface area contributed by atoms with Crippen molar-refractivity contribution in [2.24, 2.45) is 5.92 Å². The summed E-state index contributed by atoms with van der Waals surface area (Å²) in [5.41, 5.74) is 1.02. The van der Waals surface area contributed by atoms with Gasteiger partial charge in [0.15, 0.2) is 11.5 Å². The van der Waals surface area contributed by atoms with Gasteiger partial charge in [-0.25, -0.2) is 0 Å². The van der Waals surface area contributed by atoms with Gasteiger partial charge < -0.3 is 14.7 Å². The molecule has 1 unspecified atom stereocenters. The van der Waals surface area contributed by atoms with Crippen LogP contribution in [0.1, 0.15) is 23.3 Å². The first-order valence-corrected chi connectivity index (χ1v) is 7.57. The Kier molecular flexibility index (Phi) is 4.36. The first kappa shape index (κ1) is 15.2. The Balaban J connectivity index is 1.73. The Labute approximate surface area is 133 Å². The van der Waals surface area contributed by atoms with E-state index in [1.807, 2.05) is 6.07 Å². The molecule has 1 N–H and O–H groups in total. The summed E-state index contributed by atoms with van der Waals surface area (Å²) in [7, 11) is 1.61. The molecule has 120 valence electrons. The zero-order valence-corrected chi connectivity index (χ0v) is 12.9. The molecule has 2 amide bonds. The van der Waals surface area contributed by atoms with Gasteiger partial charge in [0.05, 0.1) is 5.92 Å². The van der Waals surface area contributed by atoms with E-state index in [1.54, 1.807) is 36.5 Å². The minimum atomic E-state index is -0.211. The Bertz CT molecular complexity index is 698. The second-order valence-corrected chi connectivity index (χ2v) is 5.52. The highest BCUT2D eigenvalue weighted by atomic mass is 16.5. The van der Waals surface area contributed by atoms with Gasteiger partial charge in [0, 0.05) is 44.2 Å². The number of carbonyl (C=O) groups excluding carboxylic acids is 2. The molecule has 7 nitrogen and oxygen atoms in total. The number of rotatable bonds is 3. The van der Waals surface area contributed by atoms with Crippen LogP contribution in [0.2, 0.25) is 0 Å². The third-order valence-corrected chi connectivity index (χ3v) is 4.00. The van der Waals surface area contributed by atoms with E-state index in [-0.39, 0.29) is 23.4 Å². The summed E-state index contributed by atoms with van der Waals surface area (Å²) in [6.45, 7) is 1.04. The van der Waals surface area contributed by atoms with Crippen molar-refractivity contribution in [3.63, 3.8) is 0 Å². The second-order valence-electron chi connectivity index (χ2n) is 5.52. The number of hydrogen-bond acceptors (Lipinski definition) is 5. The number of nitrogens with one attached hydrogen (secondary N) is 1. The molecule has 2 aromatic rings. The highest BCUT2D eigenvalue weighted by Crippen LogP contribution is 2.22. The van der Waals surface area contributed by atoms with Crippen LogP contribution in [0.15, 0.2) is 35.1 Å². The molecule has 3 heterocycles. The Hall–Kier alpha value is -2.70. The molecular formula is C16H18N4O3. The quantitative estimate of drug-likeness (QED) is 0.923. The lowest BCUT2D eigenvalue weighted by Crippen LogP contribution is -2.44. The number of likely N-dealkylation sites (tertiary alicyclic amines) is 1. The van der Waals surface area contributed by atoms with Crippen molar-refractivity contribution in [2.45, 2.75) is 12.8 Å². The predicted molar refractivity (Wildman–Crippen MR) is 82.4 cm³/mol. The van der Waals surface area contributed by atoms with Crippen molar-refractivity contribution < 1.29 is 14.1 Å². The van der Waals surface area contributed by atoms with Crippen LogP contribution in [0, 0.1) is 5.92 Å². The standard InChI is InChI=1S/C16H18N4O3/c1-17-15(21)12-5-3-7-20(10-12)16(22)13-8-14(23-19-13)11-4-2-6-18-9-11/h2,4,6,8-9,12H,3,5,7,10H2,1H3,(H,17,21). The molecule has 1 fully saturated rings. The van der Waals surface area contributed by atoms with E-state index in [0.717, 1.165) is 18.4 Å². The summed E-state index contributed by atoms with van der Waals surface area (Å²) in [6.07, 6.45) is 4.91. The van der Waals surface area contributed by atoms with Crippen molar-refractivity contribution in [1.29, 1.82) is 0 Å². The molecule has 0 saturated carbocycles. The van der Waals surface area contributed by atoms with Gasteiger partial charge >= 0.3 is 0 Å². The van der Waals surface area contributed by atoms with Gasteiger partial charge in [-0.2, -0.15) is 0 Å². The zero-order valence-electron chi connectivity index (χ0n) is 12.9. The van der Waals surface area contributed by atoms with Crippen LogP contribution in [0.3, 0.4) is 0 Å². The largest absolute Gasteiger partial charge is 0.359 e. The summed E-state index contributed by atoms with van der Waals surface area (Å²) in [4.78, 5) is 30.0. The minimum Gasteiger partial charge on any atom is -0.359 e. The van der Waals surface area contributed by atoms with E-state index in [1.165, 1.54) is 0 Å². The molecule has 1 aliphatic rings. The molecule has 1 saturated heterocycles. The Morgan fingerprint density at radius 1 is 1.43 bits per heavy atom. The summed E-state index contributed by atoms with van der Waals surface area (Å²) in [5.74, 6) is 0.0971. The summed E-state index contributed by atoms with van der Waals surface area (Å²) in [5, 5.41) is 6.50. The Morgan fingerprint density at radius 2 is 2.30 bits per heavy atom. The molecule has 1 atom stereocenters. The highest BCUT2D eigenvalue weighted by molar-refractivity contribution is 5.93.